The van der Waals surface area contributed by atoms with Gasteiger partial charge in [0, 0.05) is 5.56 Å². The van der Waals surface area contributed by atoms with Crippen molar-refractivity contribution >= 4 is 34.5 Å². The van der Waals surface area contributed by atoms with Crippen molar-refractivity contribution < 1.29 is 23.7 Å². The van der Waals surface area contributed by atoms with Gasteiger partial charge in [0.2, 0.25) is 0 Å². The van der Waals surface area contributed by atoms with Gasteiger partial charge in [0.25, 0.3) is 5.91 Å². The molecule has 0 aliphatic rings. The monoisotopic (exact) mass is 518 g/mol. The Balaban J connectivity index is 1.46. The van der Waals surface area contributed by atoms with Crippen molar-refractivity contribution in [2.24, 2.45) is 5.10 Å². The zero-order valence-electron chi connectivity index (χ0n) is 20.8. The number of benzene rings is 4. The van der Waals surface area contributed by atoms with Crippen LogP contribution in [0.1, 0.15) is 28.4 Å². The summed E-state index contributed by atoms with van der Waals surface area (Å²) in [5, 5.41) is 6.68. The number of fused-ring (bicyclic) bond motifs is 1. The molecule has 0 aliphatic carbocycles. The third kappa shape index (κ3) is 6.13. The molecule has 0 aliphatic heterocycles. The van der Waals surface area contributed by atoms with Gasteiger partial charge >= 0.3 is 0 Å². The molecular formula is C29H27ClN2O5. The van der Waals surface area contributed by atoms with Crippen molar-refractivity contribution in [2.45, 2.75) is 13.5 Å². The molecule has 4 aromatic carbocycles. The zero-order valence-corrected chi connectivity index (χ0v) is 21.5. The molecule has 0 spiro atoms. The number of rotatable bonds is 10. The third-order valence-corrected chi connectivity index (χ3v) is 5.89. The first-order valence-corrected chi connectivity index (χ1v) is 12.0. The van der Waals surface area contributed by atoms with Crippen LogP contribution in [0.4, 0.5) is 0 Å². The average molecular weight is 519 g/mol. The van der Waals surface area contributed by atoms with Crippen LogP contribution in [0.5, 0.6) is 23.0 Å². The molecule has 1 amide bonds. The van der Waals surface area contributed by atoms with E-state index in [2.05, 4.69) is 28.7 Å². The van der Waals surface area contributed by atoms with Gasteiger partial charge in [-0.15, -0.1) is 0 Å². The van der Waals surface area contributed by atoms with Gasteiger partial charge in [-0.2, -0.15) is 5.10 Å². The molecule has 0 atom stereocenters. The number of hydrazone groups is 1. The highest BCUT2D eigenvalue weighted by molar-refractivity contribution is 6.32. The van der Waals surface area contributed by atoms with Gasteiger partial charge in [-0.05, 0) is 59.2 Å². The fourth-order valence-electron chi connectivity index (χ4n) is 3.84. The maximum absolute atomic E-state index is 12.6. The maximum Gasteiger partial charge on any atom is 0.271 e. The Morgan fingerprint density at radius 1 is 0.919 bits per heavy atom. The van der Waals surface area contributed by atoms with Gasteiger partial charge in [0.15, 0.2) is 23.0 Å². The van der Waals surface area contributed by atoms with Gasteiger partial charge < -0.3 is 18.9 Å². The number of carbonyl (C=O) groups excluding carboxylic acids is 1. The summed E-state index contributed by atoms with van der Waals surface area (Å²) in [6.45, 7) is 2.63. The molecule has 0 radical (unpaired) electrons. The van der Waals surface area contributed by atoms with Gasteiger partial charge in [0.1, 0.15) is 6.61 Å². The second-order valence-corrected chi connectivity index (χ2v) is 8.37. The maximum atomic E-state index is 12.6. The van der Waals surface area contributed by atoms with Crippen LogP contribution in [0.15, 0.2) is 77.9 Å². The molecule has 0 bridgehead atoms. The smallest absolute Gasteiger partial charge is 0.271 e. The number of hydrogen-bond donors (Lipinski definition) is 1. The van der Waals surface area contributed by atoms with Crippen LogP contribution in [0.2, 0.25) is 5.02 Å². The highest BCUT2D eigenvalue weighted by Gasteiger charge is 2.14. The molecule has 0 saturated heterocycles. The van der Waals surface area contributed by atoms with E-state index in [1.165, 1.54) is 6.21 Å². The molecule has 4 aromatic rings. The van der Waals surface area contributed by atoms with Crippen LogP contribution in [-0.2, 0) is 6.61 Å². The quantitative estimate of drug-likeness (QED) is 0.198. The number of hydrogen-bond acceptors (Lipinski definition) is 6. The fourth-order valence-corrected chi connectivity index (χ4v) is 4.11. The first-order chi connectivity index (χ1) is 18.0. The molecule has 0 aromatic heterocycles. The lowest BCUT2D eigenvalue weighted by Gasteiger charge is -2.14. The molecule has 0 heterocycles. The third-order valence-electron chi connectivity index (χ3n) is 5.61. The van der Waals surface area contributed by atoms with E-state index in [0.29, 0.717) is 52.4 Å². The van der Waals surface area contributed by atoms with Gasteiger partial charge in [-0.3, -0.25) is 4.79 Å². The SMILES string of the molecule is CCOc1cc(C(=O)N/N=C/c2cc(Cl)c(OCc3cccc4ccccc34)c(OC)c2)ccc1OC. The van der Waals surface area contributed by atoms with E-state index in [0.717, 1.165) is 16.3 Å². The highest BCUT2D eigenvalue weighted by atomic mass is 35.5. The van der Waals surface area contributed by atoms with Crippen molar-refractivity contribution in [3.63, 3.8) is 0 Å². The van der Waals surface area contributed by atoms with E-state index in [1.54, 1.807) is 44.6 Å². The molecule has 0 saturated carbocycles. The lowest BCUT2D eigenvalue weighted by Crippen LogP contribution is -2.17. The van der Waals surface area contributed by atoms with E-state index in [1.807, 2.05) is 31.2 Å². The molecule has 4 rings (SSSR count). The van der Waals surface area contributed by atoms with E-state index in [4.69, 9.17) is 30.5 Å². The van der Waals surface area contributed by atoms with Gasteiger partial charge in [0.05, 0.1) is 32.1 Å². The predicted molar refractivity (Wildman–Crippen MR) is 146 cm³/mol. The van der Waals surface area contributed by atoms with E-state index < -0.39 is 5.91 Å². The Hall–Kier alpha value is -4.23. The van der Waals surface area contributed by atoms with Crippen molar-refractivity contribution in [2.75, 3.05) is 20.8 Å². The second-order valence-electron chi connectivity index (χ2n) is 7.96. The first-order valence-electron chi connectivity index (χ1n) is 11.6. The largest absolute Gasteiger partial charge is 0.493 e. The zero-order chi connectivity index (χ0) is 26.2. The molecule has 37 heavy (non-hydrogen) atoms. The molecule has 190 valence electrons. The van der Waals surface area contributed by atoms with Crippen LogP contribution < -0.4 is 24.4 Å². The standard InChI is InChI=1S/C29H27ClN2O5/c1-4-36-26-16-21(12-13-25(26)34-2)29(33)32-31-17-19-14-24(30)28(27(15-19)35-3)37-18-22-10-7-9-20-8-5-6-11-23(20)22/h5-17H,4,18H2,1-3H3,(H,32,33)/b31-17+. The van der Waals surface area contributed by atoms with Crippen LogP contribution in [0.25, 0.3) is 10.8 Å². The highest BCUT2D eigenvalue weighted by Crippen LogP contribution is 2.37. The summed E-state index contributed by atoms with van der Waals surface area (Å²) in [6.07, 6.45) is 1.48. The normalized spacial score (nSPS) is 10.9. The molecule has 0 fully saturated rings. The van der Waals surface area contributed by atoms with Crippen molar-refractivity contribution in [3.05, 3.63) is 94.5 Å². The Morgan fingerprint density at radius 2 is 1.70 bits per heavy atom. The summed E-state index contributed by atoms with van der Waals surface area (Å²) in [7, 11) is 3.08. The minimum atomic E-state index is -0.395. The van der Waals surface area contributed by atoms with Crippen molar-refractivity contribution in [1.29, 1.82) is 0 Å². The summed E-state index contributed by atoms with van der Waals surface area (Å²) in [5.41, 5.74) is 4.56. The number of halogens is 1. The number of carbonyl (C=O) groups is 1. The van der Waals surface area contributed by atoms with Crippen LogP contribution in [0, 0.1) is 0 Å². The lowest BCUT2D eigenvalue weighted by molar-refractivity contribution is 0.0954. The number of methoxy groups -OCH3 is 2. The molecule has 7 nitrogen and oxygen atoms in total. The van der Waals surface area contributed by atoms with Crippen LogP contribution in [0.3, 0.4) is 0 Å². The topological polar surface area (TPSA) is 78.4 Å². The summed E-state index contributed by atoms with van der Waals surface area (Å²) in [4.78, 5) is 12.6. The molecule has 0 unspecified atom stereocenters. The summed E-state index contributed by atoms with van der Waals surface area (Å²) in [5.74, 6) is 1.52. The number of amides is 1. The average Bonchev–Trinajstić information content (AvgIpc) is 2.92. The Kier molecular flexibility index (Phi) is 8.48. The van der Waals surface area contributed by atoms with E-state index >= 15 is 0 Å². The van der Waals surface area contributed by atoms with Crippen molar-refractivity contribution in [1.82, 2.24) is 5.43 Å². The summed E-state index contributed by atoms with van der Waals surface area (Å²) >= 11 is 6.53. The Morgan fingerprint density at radius 3 is 2.49 bits per heavy atom. The predicted octanol–water partition coefficient (Wildman–Crippen LogP) is 6.25. The molecule has 8 heteroatoms. The number of nitrogens with zero attached hydrogens (tertiary/aromatic N) is 1. The van der Waals surface area contributed by atoms with Gasteiger partial charge in [-0.25, -0.2) is 5.43 Å². The summed E-state index contributed by atoms with van der Waals surface area (Å²) in [6, 6.07) is 22.5. The minimum absolute atomic E-state index is 0.326. The molecule has 1 N–H and O–H groups in total. The van der Waals surface area contributed by atoms with E-state index in [9.17, 15) is 4.79 Å². The van der Waals surface area contributed by atoms with Gasteiger partial charge in [-0.1, -0.05) is 54.1 Å². The lowest BCUT2D eigenvalue weighted by atomic mass is 10.1. The number of ether oxygens (including phenoxy) is 4. The first kappa shape index (κ1) is 25.9. The van der Waals surface area contributed by atoms with Crippen LogP contribution >= 0.6 is 11.6 Å². The number of nitrogens with one attached hydrogen (secondary N) is 1. The second kappa shape index (κ2) is 12.1. The van der Waals surface area contributed by atoms with E-state index in [-0.39, 0.29) is 0 Å². The molecular weight excluding hydrogens is 492 g/mol. The van der Waals surface area contributed by atoms with Crippen LogP contribution in [-0.4, -0.2) is 32.9 Å². The summed E-state index contributed by atoms with van der Waals surface area (Å²) < 4.78 is 22.4. The van der Waals surface area contributed by atoms with Crippen molar-refractivity contribution in [3.8, 4) is 23.0 Å². The Labute approximate surface area is 220 Å². The fraction of sp³-hybridized carbons (Fsp3) is 0.172. The minimum Gasteiger partial charge on any atom is -0.493 e. The Bertz CT molecular complexity index is 1430.